The average molecular weight is 451 g/mol. The summed E-state index contributed by atoms with van der Waals surface area (Å²) < 4.78 is 35.8. The normalized spacial score (nSPS) is 10.9. The van der Waals surface area contributed by atoms with Crippen LogP contribution in [0.4, 0.5) is 8.78 Å². The fourth-order valence-corrected chi connectivity index (χ4v) is 2.97. The first-order chi connectivity index (χ1) is 13.5. The second-order valence-electron chi connectivity index (χ2n) is 5.89. The smallest absolute Gasteiger partial charge is 0.387 e. The van der Waals surface area contributed by atoms with Gasteiger partial charge >= 0.3 is 6.61 Å². The number of oxazole rings is 1. The van der Waals surface area contributed by atoms with E-state index in [4.69, 9.17) is 4.42 Å². The Morgan fingerprint density at radius 2 is 2.00 bits per heavy atom. The van der Waals surface area contributed by atoms with Gasteiger partial charge in [0.2, 0.25) is 5.91 Å². The van der Waals surface area contributed by atoms with Gasteiger partial charge in [-0.25, -0.2) is 4.98 Å². The SMILES string of the molecule is O=C(CCc1ncc(-c2ccccc2)o1)NCc1cc(Br)ccc1OC(F)F. The number of halogens is 3. The molecule has 8 heteroatoms. The van der Waals surface area contributed by atoms with Gasteiger partial charge < -0.3 is 14.5 Å². The number of nitrogens with zero attached hydrogens (tertiary/aromatic N) is 1. The van der Waals surface area contributed by atoms with Crippen molar-refractivity contribution in [3.8, 4) is 17.1 Å². The van der Waals surface area contributed by atoms with Crippen molar-refractivity contribution in [2.24, 2.45) is 0 Å². The van der Waals surface area contributed by atoms with E-state index in [-0.39, 0.29) is 24.6 Å². The summed E-state index contributed by atoms with van der Waals surface area (Å²) in [6.07, 6.45) is 2.11. The predicted molar refractivity (Wildman–Crippen MR) is 103 cm³/mol. The van der Waals surface area contributed by atoms with E-state index >= 15 is 0 Å². The number of alkyl halides is 2. The molecule has 0 spiro atoms. The molecule has 0 saturated heterocycles. The van der Waals surface area contributed by atoms with Crippen molar-refractivity contribution in [3.05, 3.63) is 70.7 Å². The molecular weight excluding hydrogens is 434 g/mol. The van der Waals surface area contributed by atoms with Crippen LogP contribution < -0.4 is 10.1 Å². The van der Waals surface area contributed by atoms with E-state index in [2.05, 4.69) is 31.0 Å². The zero-order chi connectivity index (χ0) is 19.9. The molecule has 28 heavy (non-hydrogen) atoms. The van der Waals surface area contributed by atoms with E-state index in [1.54, 1.807) is 18.3 Å². The molecule has 0 saturated carbocycles. The van der Waals surface area contributed by atoms with Gasteiger partial charge in [0, 0.05) is 35.0 Å². The minimum atomic E-state index is -2.93. The van der Waals surface area contributed by atoms with Gasteiger partial charge in [0.05, 0.1) is 6.20 Å². The summed E-state index contributed by atoms with van der Waals surface area (Å²) in [4.78, 5) is 16.3. The Bertz CT molecular complexity index is 932. The molecule has 1 heterocycles. The number of amides is 1. The lowest BCUT2D eigenvalue weighted by molar-refractivity contribution is -0.121. The van der Waals surface area contributed by atoms with Crippen LogP contribution in [0.5, 0.6) is 5.75 Å². The Morgan fingerprint density at radius 3 is 2.75 bits per heavy atom. The van der Waals surface area contributed by atoms with Gasteiger partial charge in [0.1, 0.15) is 5.75 Å². The second-order valence-corrected chi connectivity index (χ2v) is 6.81. The van der Waals surface area contributed by atoms with Gasteiger partial charge in [0.25, 0.3) is 0 Å². The molecule has 1 amide bonds. The molecule has 0 radical (unpaired) electrons. The van der Waals surface area contributed by atoms with E-state index in [0.717, 1.165) is 5.56 Å². The number of aryl methyl sites for hydroxylation is 1. The van der Waals surface area contributed by atoms with Crippen LogP contribution in [0, 0.1) is 0 Å². The molecule has 0 aliphatic carbocycles. The maximum Gasteiger partial charge on any atom is 0.387 e. The molecule has 2 aromatic carbocycles. The molecule has 0 atom stereocenters. The molecule has 146 valence electrons. The molecule has 0 bridgehead atoms. The number of carbonyl (C=O) groups excluding carboxylic acids is 1. The van der Waals surface area contributed by atoms with E-state index in [1.165, 1.54) is 6.07 Å². The highest BCUT2D eigenvalue weighted by atomic mass is 79.9. The summed E-state index contributed by atoms with van der Waals surface area (Å²) in [6.45, 7) is -2.86. The van der Waals surface area contributed by atoms with Crippen LogP contribution in [0.2, 0.25) is 0 Å². The summed E-state index contributed by atoms with van der Waals surface area (Å²) in [5.41, 5.74) is 1.36. The Balaban J connectivity index is 1.53. The zero-order valence-corrected chi connectivity index (χ0v) is 16.3. The van der Waals surface area contributed by atoms with Crippen molar-refractivity contribution >= 4 is 21.8 Å². The van der Waals surface area contributed by atoms with Gasteiger partial charge in [-0.2, -0.15) is 8.78 Å². The maximum atomic E-state index is 12.5. The van der Waals surface area contributed by atoms with Crippen molar-refractivity contribution in [1.82, 2.24) is 10.3 Å². The summed E-state index contributed by atoms with van der Waals surface area (Å²) in [7, 11) is 0. The highest BCUT2D eigenvalue weighted by molar-refractivity contribution is 9.10. The number of benzene rings is 2. The summed E-state index contributed by atoms with van der Waals surface area (Å²) >= 11 is 3.28. The van der Waals surface area contributed by atoms with Gasteiger partial charge in [0.15, 0.2) is 11.7 Å². The Hall–Kier alpha value is -2.74. The van der Waals surface area contributed by atoms with Gasteiger partial charge in [-0.1, -0.05) is 46.3 Å². The Labute approximate surface area is 168 Å². The molecular formula is C20H17BrF2N2O3. The lowest BCUT2D eigenvalue weighted by Gasteiger charge is -2.12. The lowest BCUT2D eigenvalue weighted by atomic mass is 10.2. The molecule has 1 aromatic heterocycles. The minimum absolute atomic E-state index is 0.0266. The van der Waals surface area contributed by atoms with Crippen LogP contribution in [0.15, 0.2) is 63.6 Å². The number of nitrogens with one attached hydrogen (secondary N) is 1. The van der Waals surface area contributed by atoms with Crippen molar-refractivity contribution < 1.29 is 22.7 Å². The van der Waals surface area contributed by atoms with E-state index < -0.39 is 6.61 Å². The molecule has 0 unspecified atom stereocenters. The number of aromatic nitrogens is 1. The topological polar surface area (TPSA) is 64.4 Å². The van der Waals surface area contributed by atoms with Crippen LogP contribution in [0.3, 0.4) is 0 Å². The molecule has 5 nitrogen and oxygen atoms in total. The first-order valence-corrected chi connectivity index (χ1v) is 9.30. The van der Waals surface area contributed by atoms with Crippen molar-refractivity contribution in [2.75, 3.05) is 0 Å². The van der Waals surface area contributed by atoms with Crippen molar-refractivity contribution in [1.29, 1.82) is 0 Å². The maximum absolute atomic E-state index is 12.5. The second kappa shape index (κ2) is 9.45. The van der Waals surface area contributed by atoms with Crippen LogP contribution in [-0.4, -0.2) is 17.5 Å². The zero-order valence-electron chi connectivity index (χ0n) is 14.7. The molecule has 0 fully saturated rings. The van der Waals surface area contributed by atoms with Gasteiger partial charge in [-0.05, 0) is 18.2 Å². The third-order valence-corrected chi connectivity index (χ3v) is 4.39. The average Bonchev–Trinajstić information content (AvgIpc) is 3.16. The summed E-state index contributed by atoms with van der Waals surface area (Å²) in [5.74, 6) is 0.873. The fraction of sp³-hybridized carbons (Fsp3) is 0.200. The van der Waals surface area contributed by atoms with Crippen LogP contribution in [0.1, 0.15) is 17.9 Å². The standard InChI is InChI=1S/C20H17BrF2N2O3/c21-15-6-7-16(28-20(22)23)14(10-15)11-24-18(26)8-9-19-25-12-17(27-19)13-4-2-1-3-5-13/h1-7,10,12,20H,8-9,11H2,(H,24,26). The molecule has 1 N–H and O–H groups in total. The van der Waals surface area contributed by atoms with Gasteiger partial charge in [-0.15, -0.1) is 0 Å². The van der Waals surface area contributed by atoms with Crippen LogP contribution >= 0.6 is 15.9 Å². The highest BCUT2D eigenvalue weighted by Crippen LogP contribution is 2.25. The number of carbonyl (C=O) groups is 1. The third-order valence-electron chi connectivity index (χ3n) is 3.89. The quantitative estimate of drug-likeness (QED) is 0.526. The Kier molecular flexibility index (Phi) is 6.76. The monoisotopic (exact) mass is 450 g/mol. The molecule has 0 aliphatic rings. The molecule has 3 aromatic rings. The molecule has 3 rings (SSSR count). The van der Waals surface area contributed by atoms with Crippen LogP contribution in [-0.2, 0) is 17.8 Å². The van der Waals surface area contributed by atoms with E-state index in [9.17, 15) is 13.6 Å². The highest BCUT2D eigenvalue weighted by Gasteiger charge is 2.12. The fourth-order valence-electron chi connectivity index (χ4n) is 2.56. The summed E-state index contributed by atoms with van der Waals surface area (Å²) in [6, 6.07) is 14.2. The lowest BCUT2D eigenvalue weighted by Crippen LogP contribution is -2.23. The number of hydrogen-bond acceptors (Lipinski definition) is 4. The van der Waals surface area contributed by atoms with Crippen molar-refractivity contribution in [3.63, 3.8) is 0 Å². The third kappa shape index (κ3) is 5.63. The predicted octanol–water partition coefficient (Wildman–Crippen LogP) is 4.95. The van der Waals surface area contributed by atoms with E-state index in [1.807, 2.05) is 30.3 Å². The number of ether oxygens (including phenoxy) is 1. The van der Waals surface area contributed by atoms with Gasteiger partial charge in [-0.3, -0.25) is 4.79 Å². The number of rotatable bonds is 8. The van der Waals surface area contributed by atoms with Crippen molar-refractivity contribution in [2.45, 2.75) is 26.0 Å². The Morgan fingerprint density at radius 1 is 1.21 bits per heavy atom. The largest absolute Gasteiger partial charge is 0.441 e. The van der Waals surface area contributed by atoms with E-state index in [0.29, 0.717) is 28.1 Å². The molecule has 0 aliphatic heterocycles. The van der Waals surface area contributed by atoms with Crippen LogP contribution in [0.25, 0.3) is 11.3 Å². The first kappa shape index (κ1) is 20.0. The number of hydrogen-bond donors (Lipinski definition) is 1. The minimum Gasteiger partial charge on any atom is -0.441 e. The first-order valence-electron chi connectivity index (χ1n) is 8.51. The summed E-state index contributed by atoms with van der Waals surface area (Å²) in [5, 5.41) is 2.69.